The number of nitrogens with zero attached hydrogens (tertiary/aromatic N) is 1. The van der Waals surface area contributed by atoms with Crippen LogP contribution >= 0.6 is 0 Å². The largest absolute Gasteiger partial charge is 0.317 e. The summed E-state index contributed by atoms with van der Waals surface area (Å²) in [5, 5.41) is 3.53. The van der Waals surface area contributed by atoms with E-state index in [1.807, 2.05) is 0 Å². The van der Waals surface area contributed by atoms with E-state index in [-0.39, 0.29) is 0 Å². The normalized spacial score (nSPS) is 11.3. The predicted octanol–water partition coefficient (Wildman–Crippen LogP) is 4.06. The van der Waals surface area contributed by atoms with Gasteiger partial charge in [0.2, 0.25) is 0 Å². The van der Waals surface area contributed by atoms with Gasteiger partial charge in [-0.2, -0.15) is 0 Å². The smallest absolute Gasteiger partial charge is 0.00127 e. The lowest BCUT2D eigenvalue weighted by molar-refractivity contribution is 0.393. The number of rotatable bonds is 14. The summed E-state index contributed by atoms with van der Waals surface area (Å²) < 4.78 is 0. The average Bonchev–Trinajstić information content (AvgIpc) is 2.34. The van der Waals surface area contributed by atoms with Crippen molar-refractivity contribution in [3.8, 4) is 0 Å². The maximum atomic E-state index is 3.53. The van der Waals surface area contributed by atoms with Gasteiger partial charge in [0.25, 0.3) is 0 Å². The minimum absolute atomic E-state index is 1.18. The van der Waals surface area contributed by atoms with E-state index < -0.39 is 0 Å². The van der Waals surface area contributed by atoms with Gasteiger partial charge in [0.1, 0.15) is 0 Å². The van der Waals surface area contributed by atoms with E-state index >= 15 is 0 Å². The summed E-state index contributed by atoms with van der Waals surface area (Å²) in [7, 11) is 4.28. The van der Waals surface area contributed by atoms with Crippen molar-refractivity contribution in [3.63, 3.8) is 0 Å². The molecule has 110 valence electrons. The second-order valence-corrected chi connectivity index (χ2v) is 5.74. The summed E-state index contributed by atoms with van der Waals surface area (Å²) >= 11 is 0. The van der Waals surface area contributed by atoms with Crippen molar-refractivity contribution < 1.29 is 0 Å². The Balaban J connectivity index is 2.90. The molecule has 2 nitrogen and oxygen atoms in total. The molecule has 18 heavy (non-hydrogen) atoms. The summed E-state index contributed by atoms with van der Waals surface area (Å²) in [4.78, 5) is 2.25. The minimum atomic E-state index is 1.18. The van der Waals surface area contributed by atoms with Crippen LogP contribution in [-0.4, -0.2) is 38.6 Å². The molecule has 1 N–H and O–H groups in total. The molecule has 0 fully saturated rings. The number of hydrogen-bond donors (Lipinski definition) is 1. The van der Waals surface area contributed by atoms with Crippen molar-refractivity contribution in [3.05, 3.63) is 0 Å². The number of hydrogen-bond acceptors (Lipinski definition) is 2. The Bertz CT molecular complexity index is 146. The SMILES string of the molecule is CCCCCCCCCCCNCCCN(C)C. The van der Waals surface area contributed by atoms with Gasteiger partial charge >= 0.3 is 0 Å². The molecule has 0 spiro atoms. The van der Waals surface area contributed by atoms with E-state index in [1.165, 1.54) is 83.8 Å². The average molecular weight is 256 g/mol. The van der Waals surface area contributed by atoms with Crippen molar-refractivity contribution >= 4 is 0 Å². The van der Waals surface area contributed by atoms with Gasteiger partial charge < -0.3 is 10.2 Å². The topological polar surface area (TPSA) is 15.3 Å². The predicted molar refractivity (Wildman–Crippen MR) is 83.3 cm³/mol. The molecule has 0 bridgehead atoms. The molecule has 0 atom stereocenters. The lowest BCUT2D eigenvalue weighted by Gasteiger charge is -2.09. The number of nitrogens with one attached hydrogen (secondary N) is 1. The molecule has 0 aromatic rings. The molecular formula is C16H36N2. The van der Waals surface area contributed by atoms with Crippen molar-refractivity contribution in [1.82, 2.24) is 10.2 Å². The Morgan fingerprint density at radius 1 is 0.667 bits per heavy atom. The standard InChI is InChI=1S/C16H36N2/c1-4-5-6-7-8-9-10-11-12-14-17-15-13-16-18(2)3/h17H,4-16H2,1-3H3. The third-order valence-corrected chi connectivity index (χ3v) is 3.42. The van der Waals surface area contributed by atoms with Gasteiger partial charge in [-0.05, 0) is 46.6 Å². The molecule has 0 aliphatic carbocycles. The van der Waals surface area contributed by atoms with Gasteiger partial charge in [0.05, 0.1) is 0 Å². The fraction of sp³-hybridized carbons (Fsp3) is 1.00. The lowest BCUT2D eigenvalue weighted by atomic mass is 10.1. The van der Waals surface area contributed by atoms with E-state index in [2.05, 4.69) is 31.2 Å². The highest BCUT2D eigenvalue weighted by molar-refractivity contribution is 4.52. The van der Waals surface area contributed by atoms with Crippen molar-refractivity contribution in [2.24, 2.45) is 0 Å². The maximum absolute atomic E-state index is 3.53. The van der Waals surface area contributed by atoms with Gasteiger partial charge in [0.15, 0.2) is 0 Å². The zero-order valence-corrected chi connectivity index (χ0v) is 13.1. The fourth-order valence-corrected chi connectivity index (χ4v) is 2.21. The number of unbranched alkanes of at least 4 members (excludes halogenated alkanes) is 8. The van der Waals surface area contributed by atoms with Crippen LogP contribution in [0.25, 0.3) is 0 Å². The summed E-state index contributed by atoms with van der Waals surface area (Å²) in [6, 6.07) is 0. The van der Waals surface area contributed by atoms with Crippen LogP contribution in [0.2, 0.25) is 0 Å². The molecule has 0 heterocycles. The van der Waals surface area contributed by atoms with Crippen molar-refractivity contribution in [2.45, 2.75) is 71.1 Å². The highest BCUT2D eigenvalue weighted by atomic mass is 15.0. The molecule has 0 unspecified atom stereocenters. The third kappa shape index (κ3) is 15.9. The Labute approximate surface area is 116 Å². The minimum Gasteiger partial charge on any atom is -0.317 e. The molecule has 0 saturated carbocycles. The summed E-state index contributed by atoms with van der Waals surface area (Å²) in [6.45, 7) is 5.87. The second kappa shape index (κ2) is 15.0. The zero-order valence-electron chi connectivity index (χ0n) is 13.1. The quantitative estimate of drug-likeness (QED) is 0.472. The van der Waals surface area contributed by atoms with Crippen molar-refractivity contribution in [2.75, 3.05) is 33.7 Å². The van der Waals surface area contributed by atoms with Crippen LogP contribution in [0, 0.1) is 0 Å². The molecule has 0 aliphatic heterocycles. The van der Waals surface area contributed by atoms with E-state index in [9.17, 15) is 0 Å². The summed E-state index contributed by atoms with van der Waals surface area (Å²) in [6.07, 6.45) is 14.1. The first-order chi connectivity index (χ1) is 8.77. The highest BCUT2D eigenvalue weighted by Crippen LogP contribution is 2.09. The van der Waals surface area contributed by atoms with Gasteiger partial charge in [-0.3, -0.25) is 0 Å². The molecule has 2 heteroatoms. The Hall–Kier alpha value is -0.0800. The van der Waals surface area contributed by atoms with E-state index in [1.54, 1.807) is 0 Å². The molecule has 0 rings (SSSR count). The van der Waals surface area contributed by atoms with Crippen LogP contribution in [0.4, 0.5) is 0 Å². The van der Waals surface area contributed by atoms with Crippen LogP contribution in [0.15, 0.2) is 0 Å². The molecule has 0 radical (unpaired) electrons. The van der Waals surface area contributed by atoms with Gasteiger partial charge in [-0.15, -0.1) is 0 Å². The Kier molecular flexibility index (Phi) is 14.9. The first-order valence-electron chi connectivity index (χ1n) is 8.12. The van der Waals surface area contributed by atoms with Gasteiger partial charge in [-0.25, -0.2) is 0 Å². The van der Waals surface area contributed by atoms with Crippen LogP contribution in [0.5, 0.6) is 0 Å². The van der Waals surface area contributed by atoms with Crippen LogP contribution in [0.3, 0.4) is 0 Å². The molecular weight excluding hydrogens is 220 g/mol. The molecule has 0 saturated heterocycles. The summed E-state index contributed by atoms with van der Waals surface area (Å²) in [5.41, 5.74) is 0. The first kappa shape index (κ1) is 17.9. The Morgan fingerprint density at radius 3 is 1.72 bits per heavy atom. The molecule has 0 aliphatic rings. The van der Waals surface area contributed by atoms with Crippen LogP contribution in [-0.2, 0) is 0 Å². The zero-order chi connectivity index (χ0) is 13.5. The van der Waals surface area contributed by atoms with E-state index in [0.29, 0.717) is 0 Å². The molecule has 0 aromatic heterocycles. The van der Waals surface area contributed by atoms with Gasteiger partial charge in [-0.1, -0.05) is 58.3 Å². The third-order valence-electron chi connectivity index (χ3n) is 3.42. The van der Waals surface area contributed by atoms with E-state index in [4.69, 9.17) is 0 Å². The lowest BCUT2D eigenvalue weighted by Crippen LogP contribution is -2.22. The Morgan fingerprint density at radius 2 is 1.17 bits per heavy atom. The highest BCUT2D eigenvalue weighted by Gasteiger charge is 1.93. The van der Waals surface area contributed by atoms with Crippen LogP contribution in [0.1, 0.15) is 71.1 Å². The monoisotopic (exact) mass is 256 g/mol. The molecule has 0 amide bonds. The maximum Gasteiger partial charge on any atom is -0.00127 e. The first-order valence-corrected chi connectivity index (χ1v) is 8.12. The summed E-state index contributed by atoms with van der Waals surface area (Å²) in [5.74, 6) is 0. The van der Waals surface area contributed by atoms with Gasteiger partial charge in [0, 0.05) is 0 Å². The van der Waals surface area contributed by atoms with Crippen molar-refractivity contribution in [1.29, 1.82) is 0 Å². The van der Waals surface area contributed by atoms with E-state index in [0.717, 1.165) is 0 Å². The second-order valence-electron chi connectivity index (χ2n) is 5.74. The molecule has 0 aromatic carbocycles. The van der Waals surface area contributed by atoms with Crippen LogP contribution < -0.4 is 5.32 Å². The fourth-order valence-electron chi connectivity index (χ4n) is 2.21.